The van der Waals surface area contributed by atoms with Crippen LogP contribution in [0, 0.1) is 5.92 Å². The van der Waals surface area contributed by atoms with Crippen LogP contribution in [0.4, 0.5) is 0 Å². The summed E-state index contributed by atoms with van der Waals surface area (Å²) in [5.41, 5.74) is 1.07. The summed E-state index contributed by atoms with van der Waals surface area (Å²) in [6, 6.07) is 10.4. The van der Waals surface area contributed by atoms with Crippen molar-refractivity contribution in [2.45, 2.75) is 38.0 Å². The van der Waals surface area contributed by atoms with Crippen molar-refractivity contribution >= 4 is 0 Å². The number of hydrogen-bond donors (Lipinski definition) is 1. The molecule has 2 heteroatoms. The highest BCUT2D eigenvalue weighted by molar-refractivity contribution is 5.25. The fraction of sp³-hybridized carbons (Fsp3) is 0.647. The van der Waals surface area contributed by atoms with Crippen molar-refractivity contribution in [3.8, 4) is 0 Å². The second-order valence-corrected chi connectivity index (χ2v) is 6.43. The topological polar surface area (TPSA) is 23.5 Å². The normalized spacial score (nSPS) is 19.8. The predicted octanol–water partition coefficient (Wildman–Crippen LogP) is 3.06. The quantitative estimate of drug-likeness (QED) is 0.850. The monoisotopic (exact) mass is 261 g/mol. The van der Waals surface area contributed by atoms with Crippen molar-refractivity contribution < 1.29 is 5.11 Å². The highest BCUT2D eigenvalue weighted by Gasteiger charge is 2.28. The second kappa shape index (κ2) is 6.53. The summed E-state index contributed by atoms with van der Waals surface area (Å²) in [6.45, 7) is 4.45. The Bertz CT molecular complexity index is 372. The van der Waals surface area contributed by atoms with E-state index in [4.69, 9.17) is 0 Å². The lowest BCUT2D eigenvalue weighted by Gasteiger charge is -2.34. The third-order valence-corrected chi connectivity index (χ3v) is 4.48. The molecule has 0 saturated heterocycles. The van der Waals surface area contributed by atoms with Gasteiger partial charge in [-0.05, 0) is 31.4 Å². The molecule has 1 saturated carbocycles. The zero-order valence-electron chi connectivity index (χ0n) is 12.3. The van der Waals surface area contributed by atoms with Gasteiger partial charge < -0.3 is 10.0 Å². The van der Waals surface area contributed by atoms with Crippen LogP contribution in [-0.2, 0) is 5.41 Å². The van der Waals surface area contributed by atoms with Gasteiger partial charge >= 0.3 is 0 Å². The van der Waals surface area contributed by atoms with E-state index in [-0.39, 0.29) is 12.0 Å². The Hall–Kier alpha value is -0.860. The van der Waals surface area contributed by atoms with Gasteiger partial charge in [-0.25, -0.2) is 0 Å². The molecule has 1 aliphatic carbocycles. The first-order chi connectivity index (χ1) is 9.14. The van der Waals surface area contributed by atoms with Gasteiger partial charge in [-0.15, -0.1) is 0 Å². The SMILES string of the molecule is CN(CC1CCCC1)CC(C)(CO)c1ccccc1. The summed E-state index contributed by atoms with van der Waals surface area (Å²) < 4.78 is 0. The van der Waals surface area contributed by atoms with E-state index in [2.05, 4.69) is 43.1 Å². The average molecular weight is 261 g/mol. The van der Waals surface area contributed by atoms with E-state index in [1.54, 1.807) is 0 Å². The van der Waals surface area contributed by atoms with Gasteiger partial charge in [0.2, 0.25) is 0 Å². The molecule has 1 unspecified atom stereocenters. The van der Waals surface area contributed by atoms with Crippen LogP contribution in [0.1, 0.15) is 38.2 Å². The minimum atomic E-state index is -0.158. The number of rotatable bonds is 6. The summed E-state index contributed by atoms with van der Waals surface area (Å²) in [5, 5.41) is 9.82. The average Bonchev–Trinajstić information content (AvgIpc) is 2.92. The molecule has 19 heavy (non-hydrogen) atoms. The number of aliphatic hydroxyl groups is 1. The van der Waals surface area contributed by atoms with Gasteiger partial charge in [0.05, 0.1) is 6.61 Å². The Morgan fingerprint density at radius 2 is 1.84 bits per heavy atom. The summed E-state index contributed by atoms with van der Waals surface area (Å²) in [6.07, 6.45) is 5.56. The second-order valence-electron chi connectivity index (χ2n) is 6.43. The van der Waals surface area contributed by atoms with E-state index in [1.807, 2.05) is 6.07 Å². The third kappa shape index (κ3) is 3.80. The summed E-state index contributed by atoms with van der Waals surface area (Å²) in [7, 11) is 2.19. The standard InChI is InChI=1S/C17H27NO/c1-17(14-19,16-10-4-3-5-11-16)13-18(2)12-15-8-6-7-9-15/h3-5,10-11,15,19H,6-9,12-14H2,1-2H3. The maximum atomic E-state index is 9.82. The van der Waals surface area contributed by atoms with Crippen molar-refractivity contribution in [1.82, 2.24) is 4.90 Å². The van der Waals surface area contributed by atoms with Gasteiger partial charge in [0.15, 0.2) is 0 Å². The molecule has 0 aromatic heterocycles. The zero-order valence-corrected chi connectivity index (χ0v) is 12.3. The maximum Gasteiger partial charge on any atom is 0.0537 e. The Kier molecular flexibility index (Phi) is 5.00. The summed E-state index contributed by atoms with van der Waals surface area (Å²) in [4.78, 5) is 2.40. The van der Waals surface area contributed by atoms with Crippen LogP contribution in [0.15, 0.2) is 30.3 Å². The molecule has 0 aliphatic heterocycles. The molecule has 1 fully saturated rings. The van der Waals surface area contributed by atoms with E-state index in [1.165, 1.54) is 37.8 Å². The van der Waals surface area contributed by atoms with Crippen LogP contribution in [0.5, 0.6) is 0 Å². The van der Waals surface area contributed by atoms with Crippen molar-refractivity contribution in [2.24, 2.45) is 5.92 Å². The molecule has 0 radical (unpaired) electrons. The van der Waals surface area contributed by atoms with Crippen LogP contribution in [-0.4, -0.2) is 36.8 Å². The number of nitrogens with zero attached hydrogens (tertiary/aromatic N) is 1. The third-order valence-electron chi connectivity index (χ3n) is 4.48. The Morgan fingerprint density at radius 1 is 1.21 bits per heavy atom. The highest BCUT2D eigenvalue weighted by atomic mass is 16.3. The maximum absolute atomic E-state index is 9.82. The van der Waals surface area contributed by atoms with Crippen LogP contribution in [0.25, 0.3) is 0 Å². The molecule has 2 nitrogen and oxygen atoms in total. The number of hydrogen-bond acceptors (Lipinski definition) is 2. The van der Waals surface area contributed by atoms with Crippen molar-refractivity contribution in [1.29, 1.82) is 0 Å². The van der Waals surface area contributed by atoms with Crippen molar-refractivity contribution in [2.75, 3.05) is 26.7 Å². The van der Waals surface area contributed by atoms with E-state index >= 15 is 0 Å². The lowest BCUT2D eigenvalue weighted by molar-refractivity contribution is 0.149. The minimum absolute atomic E-state index is 0.158. The van der Waals surface area contributed by atoms with E-state index in [9.17, 15) is 5.11 Å². The number of aliphatic hydroxyl groups excluding tert-OH is 1. The lowest BCUT2D eigenvalue weighted by atomic mass is 9.82. The van der Waals surface area contributed by atoms with Gasteiger partial charge in [-0.1, -0.05) is 50.1 Å². The molecule has 106 valence electrons. The number of likely N-dealkylation sites (N-methyl/N-ethyl adjacent to an activating group) is 1. The van der Waals surface area contributed by atoms with Gasteiger partial charge in [-0.3, -0.25) is 0 Å². The van der Waals surface area contributed by atoms with Crippen molar-refractivity contribution in [3.05, 3.63) is 35.9 Å². The summed E-state index contributed by atoms with van der Waals surface area (Å²) in [5.74, 6) is 0.865. The number of benzene rings is 1. The van der Waals surface area contributed by atoms with E-state index in [0.29, 0.717) is 0 Å². The Balaban J connectivity index is 1.97. The Labute approximate surface area is 117 Å². The largest absolute Gasteiger partial charge is 0.395 e. The molecule has 0 amide bonds. The molecule has 1 aromatic carbocycles. The fourth-order valence-corrected chi connectivity index (χ4v) is 3.37. The van der Waals surface area contributed by atoms with Crippen LogP contribution >= 0.6 is 0 Å². The van der Waals surface area contributed by atoms with Crippen LogP contribution in [0.3, 0.4) is 0 Å². The lowest BCUT2D eigenvalue weighted by Crippen LogP contribution is -2.41. The van der Waals surface area contributed by atoms with Gasteiger partial charge in [0.1, 0.15) is 0 Å². The summed E-state index contributed by atoms with van der Waals surface area (Å²) >= 11 is 0. The molecule has 0 bridgehead atoms. The van der Waals surface area contributed by atoms with Crippen LogP contribution < -0.4 is 0 Å². The Morgan fingerprint density at radius 3 is 2.42 bits per heavy atom. The first-order valence-corrected chi connectivity index (χ1v) is 7.49. The molecule has 1 aromatic rings. The molecule has 0 heterocycles. The zero-order chi connectivity index (χ0) is 13.7. The van der Waals surface area contributed by atoms with E-state index in [0.717, 1.165) is 12.5 Å². The van der Waals surface area contributed by atoms with Crippen LogP contribution in [0.2, 0.25) is 0 Å². The molecule has 1 N–H and O–H groups in total. The predicted molar refractivity (Wildman–Crippen MR) is 80.3 cm³/mol. The van der Waals surface area contributed by atoms with Gasteiger partial charge in [-0.2, -0.15) is 0 Å². The highest BCUT2D eigenvalue weighted by Crippen LogP contribution is 2.28. The minimum Gasteiger partial charge on any atom is -0.395 e. The van der Waals surface area contributed by atoms with Gasteiger partial charge in [0, 0.05) is 18.5 Å². The molecule has 2 rings (SSSR count). The van der Waals surface area contributed by atoms with Crippen molar-refractivity contribution in [3.63, 3.8) is 0 Å². The molecule has 1 aliphatic rings. The van der Waals surface area contributed by atoms with E-state index < -0.39 is 0 Å². The molecular weight excluding hydrogens is 234 g/mol. The smallest absolute Gasteiger partial charge is 0.0537 e. The molecule has 0 spiro atoms. The molecule has 1 atom stereocenters. The molecular formula is C17H27NO. The fourth-order valence-electron chi connectivity index (χ4n) is 3.37. The first kappa shape index (κ1) is 14.5. The van der Waals surface area contributed by atoms with Gasteiger partial charge in [0.25, 0.3) is 0 Å². The first-order valence-electron chi connectivity index (χ1n) is 7.49.